The third-order valence-corrected chi connectivity index (χ3v) is 0. The summed E-state index contributed by atoms with van der Waals surface area (Å²) in [6.45, 7) is 3.86. The van der Waals surface area contributed by atoms with E-state index in [0.717, 1.165) is 0 Å². The number of rotatable bonds is 0. The molecule has 0 aromatic rings. The average Bonchev–Trinajstić information content (AvgIpc) is 1.39. The van der Waals surface area contributed by atoms with Crippen molar-refractivity contribution in [1.29, 1.82) is 0 Å². The van der Waals surface area contributed by atoms with E-state index in [4.69, 9.17) is 10.2 Å². The van der Waals surface area contributed by atoms with Crippen LogP contribution in [0.4, 0.5) is 0 Å². The molecule has 0 amide bonds. The maximum atomic E-state index is 7.57. The van der Waals surface area contributed by atoms with Gasteiger partial charge in [0.1, 0.15) is 0 Å². The molecule has 0 spiro atoms. The third-order valence-electron chi connectivity index (χ3n) is 0. The fourth-order valence-electron chi connectivity index (χ4n) is 0. The molecule has 9 heavy (non-hydrogen) atoms. The summed E-state index contributed by atoms with van der Waals surface area (Å²) in [6, 6.07) is 0. The van der Waals surface area contributed by atoms with Crippen LogP contribution in [-0.4, -0.2) is 28.9 Å². The van der Waals surface area contributed by atoms with E-state index in [2.05, 4.69) is 0 Å². The first kappa shape index (κ1) is 33.8. The molecule has 0 aromatic heterocycles. The van der Waals surface area contributed by atoms with Gasteiger partial charge in [-0.05, 0) is 13.8 Å². The van der Waals surface area contributed by atoms with E-state index in [0.29, 0.717) is 0 Å². The van der Waals surface area contributed by atoms with Crippen molar-refractivity contribution >= 4 is 0 Å². The molecule has 0 rings (SSSR count). The monoisotopic (exact) mass is 322 g/mol. The van der Waals surface area contributed by atoms with Crippen LogP contribution in [0.15, 0.2) is 0 Å². The summed E-state index contributed by atoms with van der Waals surface area (Å²) in [5.41, 5.74) is 0. The van der Waals surface area contributed by atoms with Crippen molar-refractivity contribution in [1.82, 2.24) is 6.15 Å². The van der Waals surface area contributed by atoms with E-state index >= 15 is 0 Å². The molecule has 0 fully saturated rings. The first-order chi connectivity index (χ1) is 2.83. The minimum absolute atomic E-state index is 0. The first-order valence-electron chi connectivity index (χ1n) is 2.05. The molecule has 5 heteroatoms. The fourth-order valence-corrected chi connectivity index (χ4v) is 0. The van der Waals surface area contributed by atoms with Crippen LogP contribution in [0.1, 0.15) is 13.8 Å². The Morgan fingerprint density at radius 3 is 1.00 bits per heavy atom. The third kappa shape index (κ3) is 1300. The Hall–Kier alpha value is 0.528. The molecular weight excluding hydrogens is 305 g/mol. The second kappa shape index (κ2) is 75.6. The Kier molecular flexibility index (Phi) is 284. The van der Waals surface area contributed by atoms with Crippen LogP contribution < -0.4 is 6.15 Å². The quantitative estimate of drug-likeness (QED) is 0.551. The average molecular weight is 322 g/mol. The zero-order chi connectivity index (χ0) is 5.41. The van der Waals surface area contributed by atoms with Crippen LogP contribution in [0.25, 0.3) is 0 Å². The van der Waals surface area contributed by atoms with Gasteiger partial charge in [0, 0.05) is 34.3 Å². The molecule has 0 aliphatic rings. The summed E-state index contributed by atoms with van der Waals surface area (Å²) >= 11 is 0. The van der Waals surface area contributed by atoms with Crippen molar-refractivity contribution in [3.8, 4) is 0 Å². The number of aliphatic hydroxyl groups excluding tert-OH is 2. The van der Waals surface area contributed by atoms with E-state index in [1.165, 1.54) is 0 Å². The summed E-state index contributed by atoms with van der Waals surface area (Å²) in [6.07, 6.45) is 0. The minimum Gasteiger partial charge on any atom is -0.412 e. The molecule has 0 saturated heterocycles. The van der Waals surface area contributed by atoms with Crippen LogP contribution in [-0.2, 0) is 21.1 Å². The summed E-state index contributed by atoms with van der Waals surface area (Å²) in [7, 11) is 0. The Morgan fingerprint density at radius 2 is 1.00 bits per heavy atom. The Balaban J connectivity index is -0.00000000889. The summed E-state index contributed by atoms with van der Waals surface area (Å²) in [4.78, 5) is 0. The molecule has 0 heterocycles. The molecule has 0 aromatic carbocycles. The van der Waals surface area contributed by atoms with Crippen LogP contribution >= 0.6 is 0 Å². The molecule has 0 bridgehead atoms. The van der Waals surface area contributed by atoms with Crippen LogP contribution in [0.3, 0.4) is 0 Å². The predicted molar refractivity (Wildman–Crippen MR) is 34.2 cm³/mol. The summed E-state index contributed by atoms with van der Waals surface area (Å²) < 4.78 is 0. The van der Waals surface area contributed by atoms with Crippen molar-refractivity contribution in [2.75, 3.05) is 13.2 Å². The van der Waals surface area contributed by atoms with E-state index in [-0.39, 0.29) is 45.9 Å². The van der Waals surface area contributed by atoms with Gasteiger partial charge >= 0.3 is 0 Å². The molecule has 0 saturated carbocycles. The topological polar surface area (TPSA) is 107 Å². The minimum atomic E-state index is 0. The normalized spacial score (nSPS) is 4.00. The SMILES string of the molecule is CCO.CCO.N.O.[Pt]. The van der Waals surface area contributed by atoms with Gasteiger partial charge < -0.3 is 21.8 Å². The van der Waals surface area contributed by atoms with Crippen LogP contribution in [0, 0.1) is 0 Å². The van der Waals surface area contributed by atoms with E-state index in [1.807, 2.05) is 0 Å². The zero-order valence-electron chi connectivity index (χ0n) is 5.83. The second-order valence-electron chi connectivity index (χ2n) is 0.632. The largest absolute Gasteiger partial charge is 0.412 e. The van der Waals surface area contributed by atoms with Gasteiger partial charge in [-0.15, -0.1) is 0 Å². The first-order valence-corrected chi connectivity index (χ1v) is 2.05. The molecular formula is C4H17NO3Pt. The van der Waals surface area contributed by atoms with Crippen molar-refractivity contribution < 1.29 is 36.8 Å². The number of hydrogen-bond donors (Lipinski definition) is 3. The molecule has 0 atom stereocenters. The summed E-state index contributed by atoms with van der Waals surface area (Å²) in [5.74, 6) is 0. The molecule has 0 radical (unpaired) electrons. The Bertz CT molecular complexity index is 17.8. The number of aliphatic hydroxyl groups is 2. The van der Waals surface area contributed by atoms with Crippen molar-refractivity contribution in [3.63, 3.8) is 0 Å². The van der Waals surface area contributed by atoms with Gasteiger partial charge in [-0.3, -0.25) is 0 Å². The summed E-state index contributed by atoms with van der Waals surface area (Å²) in [5, 5.41) is 15.1. The van der Waals surface area contributed by atoms with Gasteiger partial charge in [0.25, 0.3) is 0 Å². The molecule has 0 unspecified atom stereocenters. The van der Waals surface area contributed by atoms with Gasteiger partial charge in [0.2, 0.25) is 0 Å². The smallest absolute Gasteiger partial charge is 0.0402 e. The van der Waals surface area contributed by atoms with Gasteiger partial charge in [-0.25, -0.2) is 0 Å². The molecule has 66 valence electrons. The molecule has 0 aliphatic heterocycles. The standard InChI is InChI=1S/2C2H6O.H3N.H2O.Pt/c2*1-2-3;;;/h2*3H,2H2,1H3;1H3;1H2;. The van der Waals surface area contributed by atoms with Crippen LogP contribution in [0.5, 0.6) is 0 Å². The van der Waals surface area contributed by atoms with Gasteiger partial charge in [0.05, 0.1) is 0 Å². The van der Waals surface area contributed by atoms with Gasteiger partial charge in [-0.1, -0.05) is 0 Å². The Morgan fingerprint density at radius 1 is 1.00 bits per heavy atom. The van der Waals surface area contributed by atoms with Crippen molar-refractivity contribution in [2.45, 2.75) is 13.8 Å². The molecule has 7 N–H and O–H groups in total. The Labute approximate surface area is 70.4 Å². The second-order valence-corrected chi connectivity index (χ2v) is 0.632. The van der Waals surface area contributed by atoms with Crippen LogP contribution in [0.2, 0.25) is 0 Å². The number of hydrogen-bond acceptors (Lipinski definition) is 3. The fraction of sp³-hybridized carbons (Fsp3) is 1.00. The van der Waals surface area contributed by atoms with E-state index in [1.54, 1.807) is 13.8 Å². The van der Waals surface area contributed by atoms with Gasteiger partial charge in [-0.2, -0.15) is 0 Å². The predicted octanol–water partition coefficient (Wildman–Crippen LogP) is -0.668. The maximum absolute atomic E-state index is 7.57. The van der Waals surface area contributed by atoms with Crippen molar-refractivity contribution in [3.05, 3.63) is 0 Å². The van der Waals surface area contributed by atoms with Gasteiger partial charge in [0.15, 0.2) is 0 Å². The molecule has 4 nitrogen and oxygen atoms in total. The van der Waals surface area contributed by atoms with E-state index in [9.17, 15) is 0 Å². The van der Waals surface area contributed by atoms with E-state index < -0.39 is 0 Å². The molecule has 0 aliphatic carbocycles. The zero-order valence-corrected chi connectivity index (χ0v) is 8.10. The maximum Gasteiger partial charge on any atom is 0.0402 e. The van der Waals surface area contributed by atoms with Crippen molar-refractivity contribution in [2.24, 2.45) is 0 Å².